The molecule has 3 atom stereocenters. The molecule has 1 saturated carbocycles. The average molecular weight is 507 g/mol. The van der Waals surface area contributed by atoms with E-state index in [1.807, 2.05) is 6.07 Å². The third kappa shape index (κ3) is 5.45. The Balaban J connectivity index is 1.37. The van der Waals surface area contributed by atoms with Crippen LogP contribution in [0.3, 0.4) is 0 Å². The first kappa shape index (κ1) is 24.8. The van der Waals surface area contributed by atoms with Crippen molar-refractivity contribution in [3.63, 3.8) is 0 Å². The molecule has 0 spiro atoms. The first-order valence-corrected chi connectivity index (χ1v) is 12.4. The van der Waals surface area contributed by atoms with Crippen LogP contribution in [0.15, 0.2) is 59.5 Å². The van der Waals surface area contributed by atoms with Gasteiger partial charge in [0, 0.05) is 23.7 Å². The number of carbonyl (C=O) groups excluding carboxylic acids is 2. The number of amides is 2. The number of aromatic amines is 1. The normalized spacial score (nSPS) is 20.0. The maximum absolute atomic E-state index is 14.8. The van der Waals surface area contributed by atoms with Crippen molar-refractivity contribution in [2.24, 2.45) is 0 Å². The zero-order chi connectivity index (χ0) is 26.1. The number of hydrogen-bond acceptors (Lipinski definition) is 4. The van der Waals surface area contributed by atoms with Crippen LogP contribution in [0.1, 0.15) is 59.2 Å². The fraction of sp³-hybridized carbons (Fsp3) is 0.357. The van der Waals surface area contributed by atoms with Crippen molar-refractivity contribution in [1.29, 1.82) is 0 Å². The second-order valence-corrected chi connectivity index (χ2v) is 9.83. The van der Waals surface area contributed by atoms with E-state index in [0.717, 1.165) is 12.8 Å². The summed E-state index contributed by atoms with van der Waals surface area (Å²) in [6.45, 7) is 1.44. The van der Waals surface area contributed by atoms with E-state index in [9.17, 15) is 23.2 Å². The Kier molecular flexibility index (Phi) is 6.86. The number of alkyl halides is 1. The Morgan fingerprint density at radius 2 is 1.95 bits per heavy atom. The first-order valence-electron chi connectivity index (χ1n) is 12.4. The average Bonchev–Trinajstić information content (AvgIpc) is 3.65. The zero-order valence-electron chi connectivity index (χ0n) is 20.4. The van der Waals surface area contributed by atoms with Crippen LogP contribution in [0.4, 0.5) is 8.78 Å². The summed E-state index contributed by atoms with van der Waals surface area (Å²) in [6, 6.07) is 12.3. The Morgan fingerprint density at radius 1 is 1.19 bits per heavy atom. The van der Waals surface area contributed by atoms with Gasteiger partial charge in [0.15, 0.2) is 0 Å². The second-order valence-electron chi connectivity index (χ2n) is 9.83. The number of nitrogens with one attached hydrogen (secondary N) is 2. The third-order valence-electron chi connectivity index (χ3n) is 7.01. The molecule has 3 heterocycles. The number of likely N-dealkylation sites (tertiary alicyclic amines) is 1. The van der Waals surface area contributed by atoms with Crippen LogP contribution in [0.2, 0.25) is 0 Å². The smallest absolute Gasteiger partial charge is 0.250 e. The molecular weight excluding hydrogens is 478 g/mol. The summed E-state index contributed by atoms with van der Waals surface area (Å²) in [6.07, 6.45) is 1.76. The van der Waals surface area contributed by atoms with Crippen molar-refractivity contribution in [3.8, 4) is 0 Å². The molecule has 9 heteroatoms. The number of H-pyrrole nitrogens is 1. The van der Waals surface area contributed by atoms with E-state index >= 15 is 0 Å². The molecular formula is C28H28F2N4O3. The minimum absolute atomic E-state index is 0.0777. The molecule has 0 bridgehead atoms. The molecule has 0 radical (unpaired) electrons. The number of carbonyl (C=O) groups is 2. The van der Waals surface area contributed by atoms with Crippen LogP contribution in [0.5, 0.6) is 0 Å². The maximum Gasteiger partial charge on any atom is 0.250 e. The van der Waals surface area contributed by atoms with Crippen molar-refractivity contribution in [3.05, 3.63) is 99.0 Å². The summed E-state index contributed by atoms with van der Waals surface area (Å²) in [4.78, 5) is 46.1. The monoisotopic (exact) mass is 506 g/mol. The van der Waals surface area contributed by atoms with E-state index in [4.69, 9.17) is 0 Å². The van der Waals surface area contributed by atoms with Gasteiger partial charge in [0.1, 0.15) is 12.2 Å². The van der Waals surface area contributed by atoms with Gasteiger partial charge < -0.3 is 15.2 Å². The SMILES string of the molecule is Cc1cc(CC(=O)N2C[C@H](F)C[C@H]2C(=O)N[C@@H](c2ccccc2)c2ccc(C3CC3)c(F)n2)c[nH]c1=O. The lowest BCUT2D eigenvalue weighted by Crippen LogP contribution is -2.47. The van der Waals surface area contributed by atoms with Crippen LogP contribution in [0.25, 0.3) is 0 Å². The lowest BCUT2D eigenvalue weighted by atomic mass is 10.0. The number of hydrogen-bond donors (Lipinski definition) is 2. The van der Waals surface area contributed by atoms with Crippen molar-refractivity contribution in [2.75, 3.05) is 6.54 Å². The van der Waals surface area contributed by atoms with Crippen LogP contribution >= 0.6 is 0 Å². The van der Waals surface area contributed by atoms with Crippen LogP contribution in [0, 0.1) is 12.9 Å². The molecule has 2 aromatic heterocycles. The Labute approximate surface area is 212 Å². The molecule has 1 aromatic carbocycles. The number of aryl methyl sites for hydroxylation is 1. The molecule has 192 valence electrons. The maximum atomic E-state index is 14.8. The number of aromatic nitrogens is 2. The van der Waals surface area contributed by atoms with Gasteiger partial charge in [-0.2, -0.15) is 4.39 Å². The van der Waals surface area contributed by atoms with Crippen LogP contribution < -0.4 is 10.9 Å². The molecule has 1 aliphatic carbocycles. The quantitative estimate of drug-likeness (QED) is 0.480. The highest BCUT2D eigenvalue weighted by atomic mass is 19.1. The summed E-state index contributed by atoms with van der Waals surface area (Å²) >= 11 is 0. The van der Waals surface area contributed by atoms with E-state index in [-0.39, 0.29) is 30.9 Å². The number of rotatable bonds is 7. The standard InChI is InChI=1S/C28H28F2N4O3/c1-16-11-17(14-31-27(16)36)12-24(35)34-15-20(29)13-23(34)28(37)33-25(19-5-3-2-4-6-19)22-10-9-21(18-7-8-18)26(30)32-22/h2-6,9-11,14,18,20,23,25H,7-8,12-13,15H2,1H3,(H,31,36)(H,33,37)/t20-,23+,25+/m1/s1. The summed E-state index contributed by atoms with van der Waals surface area (Å²) in [5.41, 5.74) is 2.38. The van der Waals surface area contributed by atoms with E-state index < -0.39 is 36.0 Å². The Bertz CT molecular complexity index is 1370. The lowest BCUT2D eigenvalue weighted by molar-refractivity contribution is -0.138. The highest BCUT2D eigenvalue weighted by Gasteiger charge is 2.40. The highest BCUT2D eigenvalue weighted by molar-refractivity contribution is 5.89. The molecule has 5 rings (SSSR count). The molecule has 1 aliphatic heterocycles. The number of halogens is 2. The van der Waals surface area contributed by atoms with Gasteiger partial charge in [0.05, 0.1) is 24.7 Å². The largest absolute Gasteiger partial charge is 0.342 e. The number of pyridine rings is 2. The zero-order valence-corrected chi connectivity index (χ0v) is 20.4. The molecule has 7 nitrogen and oxygen atoms in total. The van der Waals surface area contributed by atoms with Gasteiger partial charge in [0.2, 0.25) is 17.8 Å². The topological polar surface area (TPSA) is 95.2 Å². The fourth-order valence-corrected chi connectivity index (χ4v) is 4.88. The highest BCUT2D eigenvalue weighted by Crippen LogP contribution is 2.41. The predicted molar refractivity (Wildman–Crippen MR) is 133 cm³/mol. The van der Waals surface area contributed by atoms with Gasteiger partial charge in [-0.25, -0.2) is 9.37 Å². The van der Waals surface area contributed by atoms with E-state index in [0.29, 0.717) is 27.9 Å². The van der Waals surface area contributed by atoms with E-state index in [2.05, 4.69) is 15.3 Å². The lowest BCUT2D eigenvalue weighted by Gasteiger charge is -2.27. The van der Waals surface area contributed by atoms with E-state index in [1.165, 1.54) is 11.1 Å². The summed E-state index contributed by atoms with van der Waals surface area (Å²) < 4.78 is 29.3. The van der Waals surface area contributed by atoms with Crippen LogP contribution in [-0.2, 0) is 16.0 Å². The molecule has 0 unspecified atom stereocenters. The number of nitrogens with zero attached hydrogens (tertiary/aromatic N) is 2. The van der Waals surface area contributed by atoms with Gasteiger partial charge in [-0.15, -0.1) is 0 Å². The van der Waals surface area contributed by atoms with Gasteiger partial charge in [0.25, 0.3) is 5.56 Å². The van der Waals surface area contributed by atoms with Crippen LogP contribution in [-0.4, -0.2) is 45.4 Å². The fourth-order valence-electron chi connectivity index (χ4n) is 4.88. The molecule has 2 amide bonds. The van der Waals surface area contributed by atoms with Crippen molar-refractivity contribution >= 4 is 11.8 Å². The summed E-state index contributed by atoms with van der Waals surface area (Å²) in [5.74, 6) is -1.31. The minimum Gasteiger partial charge on any atom is -0.342 e. The Morgan fingerprint density at radius 3 is 2.62 bits per heavy atom. The summed E-state index contributed by atoms with van der Waals surface area (Å²) in [7, 11) is 0. The molecule has 37 heavy (non-hydrogen) atoms. The molecule has 3 aromatic rings. The molecule has 1 saturated heterocycles. The van der Waals surface area contributed by atoms with Crippen molar-refractivity contribution in [2.45, 2.75) is 56.8 Å². The van der Waals surface area contributed by atoms with Gasteiger partial charge in [-0.1, -0.05) is 36.4 Å². The predicted octanol–water partition coefficient (Wildman–Crippen LogP) is 3.48. The minimum atomic E-state index is -1.35. The van der Waals surface area contributed by atoms with Crippen molar-refractivity contribution in [1.82, 2.24) is 20.2 Å². The van der Waals surface area contributed by atoms with Gasteiger partial charge >= 0.3 is 0 Å². The third-order valence-corrected chi connectivity index (χ3v) is 7.01. The second kappa shape index (κ2) is 10.2. The van der Waals surface area contributed by atoms with Gasteiger partial charge in [-0.05, 0) is 48.9 Å². The molecule has 2 aliphatic rings. The molecule has 2 N–H and O–H groups in total. The summed E-state index contributed by atoms with van der Waals surface area (Å²) in [5, 5.41) is 2.89. The van der Waals surface area contributed by atoms with Crippen molar-refractivity contribution < 1.29 is 18.4 Å². The Hall–Kier alpha value is -3.88. The van der Waals surface area contributed by atoms with Gasteiger partial charge in [-0.3, -0.25) is 14.4 Å². The van der Waals surface area contributed by atoms with E-state index in [1.54, 1.807) is 49.4 Å². The first-order chi connectivity index (χ1) is 17.8. The number of benzene rings is 1. The molecule has 2 fully saturated rings.